The van der Waals surface area contributed by atoms with Gasteiger partial charge in [-0.25, -0.2) is 0 Å². The van der Waals surface area contributed by atoms with Crippen molar-refractivity contribution in [1.29, 1.82) is 0 Å². The Bertz CT molecular complexity index is 752. The van der Waals surface area contributed by atoms with Gasteiger partial charge in [0.15, 0.2) is 0 Å². The molecule has 5 heteroatoms. The van der Waals surface area contributed by atoms with Crippen molar-refractivity contribution in [3.63, 3.8) is 0 Å². The van der Waals surface area contributed by atoms with Crippen LogP contribution in [0.3, 0.4) is 0 Å². The van der Waals surface area contributed by atoms with Gasteiger partial charge >= 0.3 is 0 Å². The number of fused-ring (bicyclic) bond motifs is 1. The van der Waals surface area contributed by atoms with Gasteiger partial charge in [-0.1, -0.05) is 42.5 Å². The van der Waals surface area contributed by atoms with E-state index in [1.165, 1.54) is 0 Å². The molecule has 1 aromatic heterocycles. The number of nitrogens with zero attached hydrogens (tertiary/aromatic N) is 1. The number of benzene rings is 2. The SMILES string of the molecule is O=C(NCc1ccccc1)c1[nH]nc2c(Br)cccc12. The molecule has 2 aromatic carbocycles. The lowest BCUT2D eigenvalue weighted by atomic mass is 10.2. The number of aromatic nitrogens is 2. The van der Waals surface area contributed by atoms with Crippen LogP contribution in [0.25, 0.3) is 10.9 Å². The number of carbonyl (C=O) groups excluding carboxylic acids is 1. The van der Waals surface area contributed by atoms with Crippen LogP contribution in [0.1, 0.15) is 16.1 Å². The molecule has 4 nitrogen and oxygen atoms in total. The van der Waals surface area contributed by atoms with Crippen LogP contribution in [0, 0.1) is 0 Å². The van der Waals surface area contributed by atoms with Gasteiger partial charge in [0.25, 0.3) is 5.91 Å². The monoisotopic (exact) mass is 329 g/mol. The van der Waals surface area contributed by atoms with Crippen molar-refractivity contribution in [2.45, 2.75) is 6.54 Å². The van der Waals surface area contributed by atoms with Crippen LogP contribution in [0.4, 0.5) is 0 Å². The van der Waals surface area contributed by atoms with E-state index in [0.29, 0.717) is 12.2 Å². The van der Waals surface area contributed by atoms with Gasteiger partial charge in [0, 0.05) is 16.4 Å². The largest absolute Gasteiger partial charge is 0.347 e. The molecule has 0 aliphatic carbocycles. The van der Waals surface area contributed by atoms with E-state index < -0.39 is 0 Å². The number of nitrogens with one attached hydrogen (secondary N) is 2. The maximum Gasteiger partial charge on any atom is 0.270 e. The van der Waals surface area contributed by atoms with E-state index in [4.69, 9.17) is 0 Å². The van der Waals surface area contributed by atoms with E-state index in [1.54, 1.807) is 0 Å². The molecular formula is C15H12BrN3O. The highest BCUT2D eigenvalue weighted by atomic mass is 79.9. The lowest BCUT2D eigenvalue weighted by molar-refractivity contribution is 0.0947. The molecule has 0 saturated heterocycles. The van der Waals surface area contributed by atoms with Gasteiger partial charge in [-0.05, 0) is 27.6 Å². The van der Waals surface area contributed by atoms with Gasteiger partial charge in [0.1, 0.15) is 11.2 Å². The third-order valence-electron chi connectivity index (χ3n) is 3.06. The topological polar surface area (TPSA) is 57.8 Å². The third kappa shape index (κ3) is 2.44. The second kappa shape index (κ2) is 5.46. The number of hydrogen-bond acceptors (Lipinski definition) is 2. The zero-order valence-electron chi connectivity index (χ0n) is 10.6. The molecule has 0 spiro atoms. The lowest BCUT2D eigenvalue weighted by Crippen LogP contribution is -2.23. The van der Waals surface area contributed by atoms with Gasteiger partial charge in [-0.2, -0.15) is 5.10 Å². The van der Waals surface area contributed by atoms with E-state index in [0.717, 1.165) is 20.9 Å². The summed E-state index contributed by atoms with van der Waals surface area (Å²) in [6.07, 6.45) is 0. The number of carbonyl (C=O) groups is 1. The summed E-state index contributed by atoms with van der Waals surface area (Å²) in [5, 5.41) is 10.7. The molecule has 0 saturated carbocycles. The molecule has 100 valence electrons. The normalized spacial score (nSPS) is 10.7. The Kier molecular flexibility index (Phi) is 3.52. The molecule has 20 heavy (non-hydrogen) atoms. The van der Waals surface area contributed by atoms with E-state index in [-0.39, 0.29) is 5.91 Å². The highest BCUT2D eigenvalue weighted by Gasteiger charge is 2.14. The molecule has 0 fully saturated rings. The van der Waals surface area contributed by atoms with E-state index >= 15 is 0 Å². The van der Waals surface area contributed by atoms with Crippen molar-refractivity contribution >= 4 is 32.7 Å². The first-order valence-electron chi connectivity index (χ1n) is 6.20. The second-order valence-electron chi connectivity index (χ2n) is 4.40. The number of H-pyrrole nitrogens is 1. The predicted octanol–water partition coefficient (Wildman–Crippen LogP) is 3.26. The number of para-hydroxylation sites is 1. The Balaban J connectivity index is 1.81. The fraction of sp³-hybridized carbons (Fsp3) is 0.0667. The molecule has 1 heterocycles. The summed E-state index contributed by atoms with van der Waals surface area (Å²) in [5.74, 6) is -0.158. The Morgan fingerprint density at radius 1 is 1.15 bits per heavy atom. The van der Waals surface area contributed by atoms with Crippen molar-refractivity contribution in [2.24, 2.45) is 0 Å². The van der Waals surface area contributed by atoms with E-state index in [1.807, 2.05) is 48.5 Å². The molecule has 0 aliphatic heterocycles. The van der Waals surface area contributed by atoms with Crippen LogP contribution in [-0.2, 0) is 6.54 Å². The molecule has 0 bridgehead atoms. The average Bonchev–Trinajstić information content (AvgIpc) is 2.91. The Morgan fingerprint density at radius 2 is 1.95 bits per heavy atom. The Morgan fingerprint density at radius 3 is 2.75 bits per heavy atom. The van der Waals surface area contributed by atoms with Gasteiger partial charge in [0.05, 0.1) is 0 Å². The van der Waals surface area contributed by atoms with E-state index in [9.17, 15) is 4.79 Å². The van der Waals surface area contributed by atoms with Gasteiger partial charge in [-0.3, -0.25) is 9.89 Å². The molecule has 3 aromatic rings. The van der Waals surface area contributed by atoms with Crippen molar-refractivity contribution in [2.75, 3.05) is 0 Å². The summed E-state index contributed by atoms with van der Waals surface area (Å²) < 4.78 is 0.869. The summed E-state index contributed by atoms with van der Waals surface area (Å²) >= 11 is 3.42. The summed E-state index contributed by atoms with van der Waals surface area (Å²) in [4.78, 5) is 12.2. The molecule has 0 unspecified atom stereocenters. The Hall–Kier alpha value is -2.14. The molecule has 0 radical (unpaired) electrons. The summed E-state index contributed by atoms with van der Waals surface area (Å²) in [7, 11) is 0. The second-order valence-corrected chi connectivity index (χ2v) is 5.26. The zero-order chi connectivity index (χ0) is 13.9. The van der Waals surface area contributed by atoms with Crippen LogP contribution in [0.15, 0.2) is 53.0 Å². The first kappa shape index (κ1) is 12.9. The summed E-state index contributed by atoms with van der Waals surface area (Å²) in [6, 6.07) is 15.5. The van der Waals surface area contributed by atoms with Gasteiger partial charge < -0.3 is 5.32 Å². The summed E-state index contributed by atoms with van der Waals surface area (Å²) in [6.45, 7) is 0.494. The van der Waals surface area contributed by atoms with Crippen molar-refractivity contribution in [3.05, 3.63) is 64.3 Å². The average molecular weight is 330 g/mol. The minimum atomic E-state index is -0.158. The quantitative estimate of drug-likeness (QED) is 0.774. The minimum Gasteiger partial charge on any atom is -0.347 e. The molecule has 3 rings (SSSR count). The smallest absolute Gasteiger partial charge is 0.270 e. The zero-order valence-corrected chi connectivity index (χ0v) is 12.1. The Labute approximate surface area is 124 Å². The van der Waals surface area contributed by atoms with Crippen molar-refractivity contribution in [3.8, 4) is 0 Å². The van der Waals surface area contributed by atoms with Crippen LogP contribution in [0.2, 0.25) is 0 Å². The molecule has 0 aliphatic rings. The predicted molar refractivity (Wildman–Crippen MR) is 81.4 cm³/mol. The standard InChI is InChI=1S/C15H12BrN3O/c16-12-8-4-7-11-13(12)18-19-14(11)15(20)17-9-10-5-2-1-3-6-10/h1-8H,9H2,(H,17,20)(H,18,19). The van der Waals surface area contributed by atoms with Gasteiger partial charge in [-0.15, -0.1) is 0 Å². The van der Waals surface area contributed by atoms with Crippen LogP contribution >= 0.6 is 15.9 Å². The maximum absolute atomic E-state index is 12.2. The number of aromatic amines is 1. The minimum absolute atomic E-state index is 0.158. The molecule has 2 N–H and O–H groups in total. The number of halogens is 1. The highest BCUT2D eigenvalue weighted by Crippen LogP contribution is 2.23. The first-order valence-corrected chi connectivity index (χ1v) is 7.00. The summed E-state index contributed by atoms with van der Waals surface area (Å²) in [5.41, 5.74) is 2.31. The first-order chi connectivity index (χ1) is 9.75. The highest BCUT2D eigenvalue weighted by molar-refractivity contribution is 9.10. The number of rotatable bonds is 3. The van der Waals surface area contributed by atoms with Crippen molar-refractivity contribution < 1.29 is 4.79 Å². The van der Waals surface area contributed by atoms with Crippen molar-refractivity contribution in [1.82, 2.24) is 15.5 Å². The number of amides is 1. The van der Waals surface area contributed by atoms with Crippen LogP contribution in [0.5, 0.6) is 0 Å². The van der Waals surface area contributed by atoms with Crippen LogP contribution in [-0.4, -0.2) is 16.1 Å². The maximum atomic E-state index is 12.2. The van der Waals surface area contributed by atoms with Crippen LogP contribution < -0.4 is 5.32 Å². The molecule has 1 amide bonds. The third-order valence-corrected chi connectivity index (χ3v) is 3.70. The molecule has 0 atom stereocenters. The van der Waals surface area contributed by atoms with E-state index in [2.05, 4.69) is 31.4 Å². The fourth-order valence-corrected chi connectivity index (χ4v) is 2.50. The lowest BCUT2D eigenvalue weighted by Gasteiger charge is -2.04. The fourth-order valence-electron chi connectivity index (χ4n) is 2.04. The molecular weight excluding hydrogens is 318 g/mol. The van der Waals surface area contributed by atoms with Gasteiger partial charge in [0.2, 0.25) is 0 Å². The number of hydrogen-bond donors (Lipinski definition) is 2.